The van der Waals surface area contributed by atoms with Gasteiger partial charge >= 0.3 is 5.89 Å². The van der Waals surface area contributed by atoms with E-state index >= 15 is 0 Å². The van der Waals surface area contributed by atoms with Crippen molar-refractivity contribution in [2.45, 2.75) is 32.7 Å². The monoisotopic (exact) mass is 1360 g/mol. The molecule has 0 saturated heterocycles. The maximum atomic E-state index is 8.02. The fourth-order valence-corrected chi connectivity index (χ4v) is 17.4. The number of rotatable bonds is 1. The predicted molar refractivity (Wildman–Crippen MR) is 390 cm³/mol. The molecule has 490 valence electrons. The van der Waals surface area contributed by atoms with Crippen molar-refractivity contribution >= 4 is 94.1 Å². The number of hydrogen-bond donors (Lipinski definition) is 0. The van der Waals surface area contributed by atoms with Crippen LogP contribution >= 0.6 is 11.3 Å². The van der Waals surface area contributed by atoms with Crippen LogP contribution in [-0.2, 0) is 46.7 Å². The summed E-state index contributed by atoms with van der Waals surface area (Å²) in [5.74, 6) is 3.96. The second-order valence-electron chi connectivity index (χ2n) is 26.2. The molecule has 21 aromatic rings. The van der Waals surface area contributed by atoms with E-state index in [1.165, 1.54) is 81.6 Å². The molecule has 0 atom stereocenters. The molecule has 1 aromatic carbocycles. The van der Waals surface area contributed by atoms with E-state index in [0.29, 0.717) is 23.7 Å². The lowest BCUT2D eigenvalue weighted by atomic mass is 10.2. The molecule has 20 aromatic heterocycles. The van der Waals surface area contributed by atoms with Crippen molar-refractivity contribution in [1.29, 1.82) is 0 Å². The van der Waals surface area contributed by atoms with Crippen LogP contribution in [0.2, 0.25) is 0 Å². The molecule has 21 nitrogen and oxygen atoms in total. The maximum absolute atomic E-state index is 8.02. The molecule has 25 heterocycles. The summed E-state index contributed by atoms with van der Waals surface area (Å²) in [4.78, 5) is 31.8. The highest BCUT2D eigenvalue weighted by molar-refractivity contribution is 7.22. The Bertz CT molecular complexity index is 7080. The molecule has 22 heteroatoms. The topological polar surface area (TPSA) is 160 Å². The summed E-state index contributed by atoms with van der Waals surface area (Å²) in [5.41, 5.74) is 26.8. The van der Waals surface area contributed by atoms with Gasteiger partial charge in [-0.15, -0.1) is 4.57 Å². The molecule has 5 aliphatic rings. The van der Waals surface area contributed by atoms with E-state index in [1.54, 1.807) is 6.20 Å². The minimum absolute atomic E-state index is 0.537. The van der Waals surface area contributed by atoms with Gasteiger partial charge in [-0.05, 0) is 133 Å². The summed E-state index contributed by atoms with van der Waals surface area (Å²) in [6, 6.07) is 61.4. The third kappa shape index (κ3) is 8.39. The molecular weight excluding hydrogens is 1300 g/mol. The van der Waals surface area contributed by atoms with Gasteiger partial charge in [-0.2, -0.15) is 19.1 Å². The van der Waals surface area contributed by atoms with Gasteiger partial charge in [0.2, 0.25) is 28.3 Å². The number of oxazole rings is 1. The normalized spacial score (nSPS) is 13.5. The van der Waals surface area contributed by atoms with Crippen LogP contribution in [0.5, 0.6) is 0 Å². The highest BCUT2D eigenvalue weighted by atomic mass is 32.1. The second-order valence-corrected chi connectivity index (χ2v) is 27.2. The standard InChI is InChI=1S/C21H15N4.2C15H12N5.C15H10N3O.C15H10N3S/c1-2-7-15(8-3-1)25-20-18-10-4-5-12-23(18)14-19(20)24-13-17-16(21(24)25)9-6-11-22-17;2*1-18-14-10-5-4-7-16-11(10)9-20(14)13-15(18)19-8-3-2-6-12(19)17-13;2*1-2-7-17-9-13-14(12(17)5-1)19-15-10-4-3-6-16-11(10)8-18(13)15/h1-12,14H,13H2;2*2-8H,9H2,1H3;2*1-7,9H,8H2/q5*+1/i;1D3;;;. The molecule has 0 fully saturated rings. The Morgan fingerprint density at radius 2 is 0.913 bits per heavy atom. The molecule has 103 heavy (non-hydrogen) atoms. The Balaban J connectivity index is 0.0000000830. The number of hydrogen-bond acceptors (Lipinski definition) is 9. The van der Waals surface area contributed by atoms with Gasteiger partial charge in [-0.3, -0.25) is 24.9 Å². The number of thiazole rings is 1. The van der Waals surface area contributed by atoms with E-state index in [2.05, 4.69) is 216 Å². The Morgan fingerprint density at radius 1 is 0.427 bits per heavy atom. The van der Waals surface area contributed by atoms with E-state index in [0.717, 1.165) is 105 Å². The van der Waals surface area contributed by atoms with Crippen LogP contribution in [0, 0.1) is 0 Å². The van der Waals surface area contributed by atoms with Crippen LogP contribution in [0.15, 0.2) is 267 Å². The molecule has 5 aliphatic heterocycles. The quantitative estimate of drug-likeness (QED) is 0.147. The minimum Gasteiger partial charge on any atom is -0.395 e. The Hall–Kier alpha value is -13.6. The summed E-state index contributed by atoms with van der Waals surface area (Å²) < 4.78 is 59.1. The first-order valence-electron chi connectivity index (χ1n) is 35.6. The van der Waals surface area contributed by atoms with Crippen LogP contribution < -0.4 is 22.8 Å². The number of aromatic nitrogens is 20. The number of nitrogens with zero attached hydrogens (tertiary/aromatic N) is 20. The lowest BCUT2D eigenvalue weighted by molar-refractivity contribution is -0.649. The van der Waals surface area contributed by atoms with Crippen molar-refractivity contribution in [2.24, 2.45) is 14.0 Å². The van der Waals surface area contributed by atoms with Gasteiger partial charge in [0.1, 0.15) is 47.0 Å². The molecule has 0 amide bonds. The Labute approximate surface area is 592 Å². The molecular formula is C81H59N20OS+5. The fourth-order valence-electron chi connectivity index (χ4n) is 16.1. The zero-order valence-electron chi connectivity index (χ0n) is 58.1. The summed E-state index contributed by atoms with van der Waals surface area (Å²) in [6.45, 7) is 1.53. The average molecular weight is 1360 g/mol. The van der Waals surface area contributed by atoms with Crippen LogP contribution in [0.25, 0.3) is 145 Å². The molecule has 0 aliphatic carbocycles. The molecule has 0 spiro atoms. The molecule has 26 rings (SSSR count). The van der Waals surface area contributed by atoms with Crippen molar-refractivity contribution in [3.8, 4) is 61.9 Å². The summed E-state index contributed by atoms with van der Waals surface area (Å²) in [5, 5.41) is 1.33. The zero-order valence-corrected chi connectivity index (χ0v) is 55.9. The highest BCUT2D eigenvalue weighted by Crippen LogP contribution is 2.40. The number of aryl methyl sites for hydroxylation is 2. The first-order valence-corrected chi connectivity index (χ1v) is 34.9. The predicted octanol–water partition coefficient (Wildman–Crippen LogP) is 11.9. The van der Waals surface area contributed by atoms with Gasteiger partial charge in [-0.25, -0.2) is 31.6 Å². The maximum Gasteiger partial charge on any atom is 0.384 e. The molecule has 0 unspecified atom stereocenters. The van der Waals surface area contributed by atoms with Gasteiger partial charge in [0.05, 0.1) is 105 Å². The Kier molecular flexibility index (Phi) is 11.6. The number of fused-ring (bicyclic) bond motifs is 35. The van der Waals surface area contributed by atoms with Crippen LogP contribution in [0.4, 0.5) is 0 Å². The van der Waals surface area contributed by atoms with Crippen LogP contribution in [0.1, 0.15) is 32.6 Å². The molecule has 0 radical (unpaired) electrons. The number of para-hydroxylation sites is 1. The minimum atomic E-state index is -2.30. The van der Waals surface area contributed by atoms with E-state index < -0.39 is 6.98 Å². The highest BCUT2D eigenvalue weighted by Gasteiger charge is 2.41. The van der Waals surface area contributed by atoms with Gasteiger partial charge in [0.15, 0.2) is 29.9 Å². The van der Waals surface area contributed by atoms with Crippen molar-refractivity contribution in [1.82, 2.24) is 70.6 Å². The molecule has 0 bridgehead atoms. The number of pyridine rings is 10. The van der Waals surface area contributed by atoms with E-state index in [-0.39, 0.29) is 0 Å². The SMILES string of the molecule is C[n+]1c2n(c3nc4ccccn4c31)Cc1ncccc1-2.[2H]C([2H])([2H])[n+]1c2n(c3nc4ccccn4c31)Cc1ncccc1-2.c1ccc(-n2c3[n+](c4cn5ccccc5c42)Cc2ncccc2-3)cc1.c1cnc2c(c1)-c1oc3c4ccccn4cc3[n+]1C2.c1cnc2c(c1)-c1sc3c4ccccn4cc3[n+]1C2. The van der Waals surface area contributed by atoms with Gasteiger partial charge < -0.3 is 17.6 Å². The van der Waals surface area contributed by atoms with Crippen molar-refractivity contribution in [3.63, 3.8) is 0 Å². The van der Waals surface area contributed by atoms with Crippen LogP contribution in [0.3, 0.4) is 0 Å². The number of benzene rings is 1. The Morgan fingerprint density at radius 3 is 1.57 bits per heavy atom. The molecule has 0 saturated carbocycles. The van der Waals surface area contributed by atoms with E-state index in [4.69, 9.17) is 13.5 Å². The lowest BCUT2D eigenvalue weighted by Gasteiger charge is -2.02. The average Bonchev–Trinajstić information content (AvgIpc) is 1.56. The summed E-state index contributed by atoms with van der Waals surface area (Å²) in [6.07, 6.45) is 25.9. The number of imidazole rings is 5. The third-order valence-corrected chi connectivity index (χ3v) is 21.8. The second kappa shape index (κ2) is 21.9. The van der Waals surface area contributed by atoms with Crippen LogP contribution in [-0.4, -0.2) is 70.6 Å². The first-order chi connectivity index (χ1) is 52.1. The van der Waals surface area contributed by atoms with Gasteiger partial charge in [0, 0.05) is 49.6 Å². The van der Waals surface area contributed by atoms with Gasteiger partial charge in [-0.1, -0.05) is 59.9 Å². The fraction of sp³-hybridized carbons (Fsp3) is 0.0864. The van der Waals surface area contributed by atoms with Crippen molar-refractivity contribution < 1.29 is 31.4 Å². The first kappa shape index (κ1) is 54.3. The van der Waals surface area contributed by atoms with E-state index in [9.17, 15) is 0 Å². The third-order valence-electron chi connectivity index (χ3n) is 20.6. The van der Waals surface area contributed by atoms with Crippen molar-refractivity contribution in [3.05, 3.63) is 291 Å². The zero-order chi connectivity index (χ0) is 70.2. The smallest absolute Gasteiger partial charge is 0.384 e. The van der Waals surface area contributed by atoms with E-state index in [1.807, 2.05) is 142 Å². The largest absolute Gasteiger partial charge is 0.395 e. The van der Waals surface area contributed by atoms with Gasteiger partial charge in [0.25, 0.3) is 38.9 Å². The van der Waals surface area contributed by atoms with Crippen molar-refractivity contribution in [2.75, 3.05) is 0 Å². The summed E-state index contributed by atoms with van der Waals surface area (Å²) >= 11 is 1.87. The lowest BCUT2D eigenvalue weighted by Crippen LogP contribution is -2.31. The summed E-state index contributed by atoms with van der Waals surface area (Å²) in [7, 11) is 2.09. The molecule has 0 N–H and O–H groups in total.